The van der Waals surface area contributed by atoms with E-state index in [1.807, 2.05) is 66.7 Å². The fraction of sp³-hybridized carbons (Fsp3) is 0.100. The van der Waals surface area contributed by atoms with Crippen LogP contribution < -0.4 is 10.1 Å². The predicted octanol–water partition coefficient (Wildman–Crippen LogP) is 6.95. The van der Waals surface area contributed by atoms with Crippen LogP contribution >= 0.6 is 39.1 Å². The zero-order valence-corrected chi connectivity index (χ0v) is 16.4. The zero-order chi connectivity index (χ0) is 17.6. The van der Waals surface area contributed by atoms with Gasteiger partial charge in [0.15, 0.2) is 5.75 Å². The van der Waals surface area contributed by atoms with Crippen molar-refractivity contribution < 1.29 is 4.74 Å². The van der Waals surface area contributed by atoms with Gasteiger partial charge in [-0.1, -0.05) is 69.5 Å². The van der Waals surface area contributed by atoms with Gasteiger partial charge >= 0.3 is 0 Å². The molecule has 25 heavy (non-hydrogen) atoms. The van der Waals surface area contributed by atoms with Crippen LogP contribution in [0.25, 0.3) is 0 Å². The molecule has 0 unspecified atom stereocenters. The Hall–Kier alpha value is -1.68. The van der Waals surface area contributed by atoms with Gasteiger partial charge in [0.2, 0.25) is 0 Å². The van der Waals surface area contributed by atoms with Gasteiger partial charge in [0.05, 0.1) is 10.0 Å². The fourth-order valence-corrected chi connectivity index (χ4v) is 3.25. The molecule has 0 saturated heterocycles. The van der Waals surface area contributed by atoms with Crippen LogP contribution in [0.2, 0.25) is 10.0 Å². The summed E-state index contributed by atoms with van der Waals surface area (Å²) in [5, 5.41) is 4.35. The van der Waals surface area contributed by atoms with Crippen molar-refractivity contribution in [3.05, 3.63) is 92.4 Å². The molecule has 0 heterocycles. The highest BCUT2D eigenvalue weighted by Crippen LogP contribution is 2.35. The summed E-state index contributed by atoms with van der Waals surface area (Å²) < 4.78 is 6.84. The molecule has 2 nitrogen and oxygen atoms in total. The van der Waals surface area contributed by atoms with Crippen molar-refractivity contribution in [2.24, 2.45) is 0 Å². The van der Waals surface area contributed by atoms with Crippen LogP contribution in [0, 0.1) is 0 Å². The molecule has 1 N–H and O–H groups in total. The number of hydrogen-bond acceptors (Lipinski definition) is 2. The second kappa shape index (κ2) is 8.61. The highest BCUT2D eigenvalue weighted by atomic mass is 79.9. The van der Waals surface area contributed by atoms with Gasteiger partial charge in [0.25, 0.3) is 0 Å². The van der Waals surface area contributed by atoms with E-state index < -0.39 is 0 Å². The molecule has 0 aliphatic carbocycles. The molecule has 0 fully saturated rings. The molecule has 0 aliphatic rings. The van der Waals surface area contributed by atoms with Gasteiger partial charge in [-0.3, -0.25) is 0 Å². The number of rotatable bonds is 6. The number of hydrogen-bond donors (Lipinski definition) is 1. The minimum atomic E-state index is 0.411. The lowest BCUT2D eigenvalue weighted by Crippen LogP contribution is -2.01. The van der Waals surface area contributed by atoms with E-state index in [1.165, 1.54) is 0 Å². The summed E-state index contributed by atoms with van der Waals surface area (Å²) in [5.74, 6) is 0.509. The molecule has 3 aromatic rings. The van der Waals surface area contributed by atoms with E-state index in [1.54, 1.807) is 0 Å². The van der Waals surface area contributed by atoms with E-state index in [9.17, 15) is 0 Å². The van der Waals surface area contributed by atoms with Gasteiger partial charge < -0.3 is 10.1 Å². The van der Waals surface area contributed by atoms with Gasteiger partial charge in [-0.25, -0.2) is 0 Å². The Morgan fingerprint density at radius 1 is 0.840 bits per heavy atom. The SMILES string of the molecule is Clc1cc(CNc2ccccc2)cc(Cl)c1OCc1ccc(Br)cc1. The lowest BCUT2D eigenvalue weighted by Gasteiger charge is -2.13. The molecule has 3 aromatic carbocycles. The Morgan fingerprint density at radius 3 is 2.12 bits per heavy atom. The summed E-state index contributed by atoms with van der Waals surface area (Å²) >= 11 is 16.1. The predicted molar refractivity (Wildman–Crippen MR) is 109 cm³/mol. The Morgan fingerprint density at radius 2 is 1.48 bits per heavy atom. The molecule has 128 valence electrons. The topological polar surface area (TPSA) is 21.3 Å². The molecule has 0 radical (unpaired) electrons. The molecule has 0 atom stereocenters. The molecule has 0 aromatic heterocycles. The lowest BCUT2D eigenvalue weighted by molar-refractivity contribution is 0.306. The summed E-state index contributed by atoms with van der Waals surface area (Å²) in [6.07, 6.45) is 0. The molecule has 3 rings (SSSR count). The van der Waals surface area contributed by atoms with Crippen molar-refractivity contribution in [2.45, 2.75) is 13.2 Å². The first-order chi connectivity index (χ1) is 12.1. The molecule has 0 spiro atoms. The quantitative estimate of drug-likeness (QED) is 0.451. The van der Waals surface area contributed by atoms with Crippen LogP contribution in [-0.2, 0) is 13.2 Å². The highest BCUT2D eigenvalue weighted by molar-refractivity contribution is 9.10. The Balaban J connectivity index is 1.66. The second-order valence-electron chi connectivity index (χ2n) is 5.52. The third-order valence-electron chi connectivity index (χ3n) is 3.62. The van der Waals surface area contributed by atoms with Crippen LogP contribution in [0.3, 0.4) is 0 Å². The van der Waals surface area contributed by atoms with Crippen LogP contribution in [0.5, 0.6) is 5.75 Å². The van der Waals surface area contributed by atoms with Crippen molar-refractivity contribution >= 4 is 44.8 Å². The third kappa shape index (κ3) is 5.15. The first kappa shape index (κ1) is 18.1. The van der Waals surface area contributed by atoms with Gasteiger partial charge in [-0.05, 0) is 47.5 Å². The number of ether oxygens (including phenoxy) is 1. The van der Waals surface area contributed by atoms with Gasteiger partial charge in [-0.15, -0.1) is 0 Å². The molecular weight excluding hydrogens is 421 g/mol. The standard InChI is InChI=1S/C20H16BrCl2NO/c21-16-8-6-14(7-9-16)13-25-20-18(22)10-15(11-19(20)23)12-24-17-4-2-1-3-5-17/h1-11,24H,12-13H2. The van der Waals surface area contributed by atoms with Crippen molar-refractivity contribution in [3.8, 4) is 5.75 Å². The van der Waals surface area contributed by atoms with Gasteiger partial charge in [0, 0.05) is 16.7 Å². The van der Waals surface area contributed by atoms with E-state index in [2.05, 4.69) is 21.2 Å². The fourth-order valence-electron chi connectivity index (χ4n) is 2.35. The summed E-state index contributed by atoms with van der Waals surface area (Å²) in [6.45, 7) is 1.05. The third-order valence-corrected chi connectivity index (χ3v) is 4.72. The maximum atomic E-state index is 6.36. The molecular formula is C20H16BrCl2NO. The Bertz CT molecular complexity index is 815. The number of halogens is 3. The van der Waals surface area contributed by atoms with Gasteiger partial charge in [0.1, 0.15) is 6.61 Å². The smallest absolute Gasteiger partial charge is 0.156 e. The minimum absolute atomic E-state index is 0.411. The first-order valence-corrected chi connectivity index (χ1v) is 9.31. The van der Waals surface area contributed by atoms with E-state index in [0.29, 0.717) is 28.9 Å². The number of benzene rings is 3. The Kier molecular flexibility index (Phi) is 6.24. The van der Waals surface area contributed by atoms with Crippen LogP contribution in [-0.4, -0.2) is 0 Å². The maximum Gasteiger partial charge on any atom is 0.156 e. The van der Waals surface area contributed by atoms with E-state index in [0.717, 1.165) is 21.3 Å². The van der Waals surface area contributed by atoms with Crippen molar-refractivity contribution in [2.75, 3.05) is 5.32 Å². The van der Waals surface area contributed by atoms with E-state index in [-0.39, 0.29) is 0 Å². The lowest BCUT2D eigenvalue weighted by atomic mass is 10.2. The first-order valence-electron chi connectivity index (χ1n) is 7.76. The van der Waals surface area contributed by atoms with E-state index >= 15 is 0 Å². The second-order valence-corrected chi connectivity index (χ2v) is 7.25. The average Bonchev–Trinajstić information content (AvgIpc) is 2.62. The summed E-state index contributed by atoms with van der Waals surface area (Å²) in [4.78, 5) is 0. The zero-order valence-electron chi connectivity index (χ0n) is 13.3. The van der Waals surface area contributed by atoms with Crippen molar-refractivity contribution in [3.63, 3.8) is 0 Å². The van der Waals surface area contributed by atoms with Crippen LogP contribution in [0.15, 0.2) is 71.2 Å². The monoisotopic (exact) mass is 435 g/mol. The normalized spacial score (nSPS) is 10.5. The summed E-state index contributed by atoms with van der Waals surface area (Å²) in [5.41, 5.74) is 3.09. The number of nitrogens with one attached hydrogen (secondary N) is 1. The molecule has 0 saturated carbocycles. The van der Waals surface area contributed by atoms with Crippen molar-refractivity contribution in [1.82, 2.24) is 0 Å². The number of para-hydroxylation sites is 1. The molecule has 0 bridgehead atoms. The highest BCUT2D eigenvalue weighted by Gasteiger charge is 2.10. The maximum absolute atomic E-state index is 6.36. The Labute approximate surface area is 165 Å². The summed E-state index contributed by atoms with van der Waals surface area (Å²) in [7, 11) is 0. The van der Waals surface area contributed by atoms with Crippen molar-refractivity contribution in [1.29, 1.82) is 0 Å². The van der Waals surface area contributed by atoms with Crippen LogP contribution in [0.1, 0.15) is 11.1 Å². The van der Waals surface area contributed by atoms with Gasteiger partial charge in [-0.2, -0.15) is 0 Å². The van der Waals surface area contributed by atoms with Crippen LogP contribution in [0.4, 0.5) is 5.69 Å². The van der Waals surface area contributed by atoms with E-state index in [4.69, 9.17) is 27.9 Å². The molecule has 0 amide bonds. The number of anilines is 1. The summed E-state index contributed by atoms with van der Waals surface area (Å²) in [6, 6.07) is 21.7. The minimum Gasteiger partial charge on any atom is -0.486 e. The average molecular weight is 437 g/mol. The molecule has 5 heteroatoms. The largest absolute Gasteiger partial charge is 0.486 e. The molecule has 0 aliphatic heterocycles.